The molecule has 1 heterocycles. The number of nitrogen functional groups attached to an aromatic ring is 1. The summed E-state index contributed by atoms with van der Waals surface area (Å²) in [4.78, 5) is 1.84. The van der Waals surface area contributed by atoms with Gasteiger partial charge in [-0.25, -0.2) is 12.8 Å². The van der Waals surface area contributed by atoms with E-state index in [1.165, 1.54) is 23.4 Å². The molecule has 0 atom stereocenters. The molecular formula is C13H20FN3O2S. The Kier molecular flexibility index (Phi) is 4.31. The highest BCUT2D eigenvalue weighted by Crippen LogP contribution is 2.25. The molecule has 0 unspecified atom stereocenters. The number of anilines is 1. The first-order chi connectivity index (χ1) is 9.36. The topological polar surface area (TPSA) is 66.6 Å². The summed E-state index contributed by atoms with van der Waals surface area (Å²) in [6.07, 6.45) is 0. The second-order valence-corrected chi connectivity index (χ2v) is 6.89. The van der Waals surface area contributed by atoms with E-state index in [0.717, 1.165) is 6.54 Å². The van der Waals surface area contributed by atoms with Crippen molar-refractivity contribution in [1.82, 2.24) is 9.21 Å². The Morgan fingerprint density at radius 3 is 2.40 bits per heavy atom. The lowest BCUT2D eigenvalue weighted by atomic mass is 10.2. The summed E-state index contributed by atoms with van der Waals surface area (Å²) in [6, 6.07) is 2.63. The molecular weight excluding hydrogens is 281 g/mol. The van der Waals surface area contributed by atoms with Gasteiger partial charge in [-0.05, 0) is 31.2 Å². The lowest BCUT2D eigenvalue weighted by Crippen LogP contribution is -2.48. The van der Waals surface area contributed by atoms with Gasteiger partial charge in [0.1, 0.15) is 10.7 Å². The summed E-state index contributed by atoms with van der Waals surface area (Å²) in [5, 5.41) is 0. The van der Waals surface area contributed by atoms with Crippen LogP contribution < -0.4 is 5.73 Å². The Morgan fingerprint density at radius 2 is 1.85 bits per heavy atom. The molecule has 1 saturated heterocycles. The molecule has 112 valence electrons. The summed E-state index contributed by atoms with van der Waals surface area (Å²) in [5.74, 6) is -0.711. The second kappa shape index (κ2) is 5.67. The van der Waals surface area contributed by atoms with Gasteiger partial charge in [-0.2, -0.15) is 4.31 Å². The number of halogens is 1. The number of benzene rings is 1. The van der Waals surface area contributed by atoms with Crippen molar-refractivity contribution in [2.45, 2.75) is 18.7 Å². The second-order valence-electron chi connectivity index (χ2n) is 4.99. The Hall–Kier alpha value is -1.18. The van der Waals surface area contributed by atoms with Gasteiger partial charge in [0.2, 0.25) is 10.0 Å². The standard InChI is InChI=1S/C13H20FN3O2S/c1-3-16-4-6-17(7-5-16)20(18,19)12-9-11(15)8-10(2)13(12)14/h8-9H,3-7,15H2,1-2H3. The molecule has 0 aromatic heterocycles. The Balaban J connectivity index is 2.32. The third kappa shape index (κ3) is 2.79. The zero-order chi connectivity index (χ0) is 14.9. The van der Waals surface area contributed by atoms with Gasteiger partial charge in [0.05, 0.1) is 0 Å². The van der Waals surface area contributed by atoms with E-state index in [2.05, 4.69) is 4.90 Å². The van der Waals surface area contributed by atoms with Gasteiger partial charge in [-0.15, -0.1) is 0 Å². The normalized spacial score (nSPS) is 18.4. The lowest BCUT2D eigenvalue weighted by Gasteiger charge is -2.33. The summed E-state index contributed by atoms with van der Waals surface area (Å²) < 4.78 is 40.5. The molecule has 0 amide bonds. The molecule has 0 bridgehead atoms. The quantitative estimate of drug-likeness (QED) is 0.847. The average molecular weight is 301 g/mol. The predicted octanol–water partition coefficient (Wildman–Crippen LogP) is 1.04. The van der Waals surface area contributed by atoms with Crippen LogP contribution in [0.5, 0.6) is 0 Å². The lowest BCUT2D eigenvalue weighted by molar-refractivity contribution is 0.196. The minimum Gasteiger partial charge on any atom is -0.399 e. The molecule has 2 rings (SSSR count). The van der Waals surface area contributed by atoms with Crippen LogP contribution in [0.3, 0.4) is 0 Å². The molecule has 20 heavy (non-hydrogen) atoms. The first-order valence-electron chi connectivity index (χ1n) is 6.64. The fraction of sp³-hybridized carbons (Fsp3) is 0.538. The summed E-state index contributed by atoms with van der Waals surface area (Å²) in [5.41, 5.74) is 6.15. The first kappa shape index (κ1) is 15.2. The van der Waals surface area contributed by atoms with E-state index in [4.69, 9.17) is 5.73 Å². The number of nitrogens with two attached hydrogens (primary N) is 1. The van der Waals surface area contributed by atoms with Gasteiger partial charge in [0, 0.05) is 31.9 Å². The van der Waals surface area contributed by atoms with E-state index in [0.29, 0.717) is 26.2 Å². The number of piperazine rings is 1. The third-order valence-electron chi connectivity index (χ3n) is 3.64. The minimum absolute atomic E-state index is 0.246. The molecule has 5 nitrogen and oxygen atoms in total. The molecule has 1 fully saturated rings. The van der Waals surface area contributed by atoms with E-state index in [1.807, 2.05) is 6.92 Å². The van der Waals surface area contributed by atoms with Gasteiger partial charge in [0.25, 0.3) is 0 Å². The van der Waals surface area contributed by atoms with Crippen LogP contribution in [-0.2, 0) is 10.0 Å². The van der Waals surface area contributed by atoms with Gasteiger partial charge in [-0.1, -0.05) is 6.92 Å². The van der Waals surface area contributed by atoms with Crippen molar-refractivity contribution < 1.29 is 12.8 Å². The number of sulfonamides is 1. The molecule has 0 aliphatic carbocycles. The molecule has 7 heteroatoms. The SMILES string of the molecule is CCN1CCN(S(=O)(=O)c2cc(N)cc(C)c2F)CC1. The first-order valence-corrected chi connectivity index (χ1v) is 8.08. The van der Waals surface area contributed by atoms with Crippen LogP contribution in [0, 0.1) is 12.7 Å². The Morgan fingerprint density at radius 1 is 1.25 bits per heavy atom. The van der Waals surface area contributed by atoms with Crippen molar-refractivity contribution in [3.8, 4) is 0 Å². The number of aryl methyl sites for hydroxylation is 1. The zero-order valence-corrected chi connectivity index (χ0v) is 12.6. The highest BCUT2D eigenvalue weighted by molar-refractivity contribution is 7.89. The molecule has 0 radical (unpaired) electrons. The summed E-state index contributed by atoms with van der Waals surface area (Å²) >= 11 is 0. The van der Waals surface area contributed by atoms with Crippen LogP contribution in [-0.4, -0.2) is 50.3 Å². The van der Waals surface area contributed by atoms with Crippen LogP contribution in [0.1, 0.15) is 12.5 Å². The molecule has 0 saturated carbocycles. The van der Waals surface area contributed by atoms with Crippen LogP contribution in [0.25, 0.3) is 0 Å². The monoisotopic (exact) mass is 301 g/mol. The highest BCUT2D eigenvalue weighted by atomic mass is 32.2. The van der Waals surface area contributed by atoms with Gasteiger partial charge in [0.15, 0.2) is 0 Å². The minimum atomic E-state index is -3.82. The average Bonchev–Trinajstić information content (AvgIpc) is 2.42. The molecule has 1 aromatic carbocycles. The molecule has 2 N–H and O–H groups in total. The largest absolute Gasteiger partial charge is 0.399 e. The number of likely N-dealkylation sites (N-methyl/N-ethyl adjacent to an activating group) is 1. The summed E-state index contributed by atoms with van der Waals surface area (Å²) in [6.45, 7) is 6.52. The van der Waals surface area contributed by atoms with Crippen molar-refractivity contribution in [1.29, 1.82) is 0 Å². The van der Waals surface area contributed by atoms with Crippen LogP contribution in [0.4, 0.5) is 10.1 Å². The Labute approximate surface area is 119 Å². The Bertz CT molecular complexity index is 596. The maximum absolute atomic E-state index is 14.1. The van der Waals surface area contributed by atoms with E-state index in [-0.39, 0.29) is 16.1 Å². The van der Waals surface area contributed by atoms with Crippen molar-refractivity contribution in [3.05, 3.63) is 23.5 Å². The van der Waals surface area contributed by atoms with Crippen LogP contribution in [0.15, 0.2) is 17.0 Å². The van der Waals surface area contributed by atoms with Crippen molar-refractivity contribution in [3.63, 3.8) is 0 Å². The van der Waals surface area contributed by atoms with Gasteiger partial charge in [-0.3, -0.25) is 0 Å². The summed E-state index contributed by atoms with van der Waals surface area (Å²) in [7, 11) is -3.82. The van der Waals surface area contributed by atoms with E-state index >= 15 is 0 Å². The van der Waals surface area contributed by atoms with Crippen molar-refractivity contribution >= 4 is 15.7 Å². The number of hydrogen-bond acceptors (Lipinski definition) is 4. The molecule has 1 aliphatic heterocycles. The van der Waals surface area contributed by atoms with E-state index in [9.17, 15) is 12.8 Å². The third-order valence-corrected chi connectivity index (χ3v) is 5.54. The van der Waals surface area contributed by atoms with Gasteiger partial charge >= 0.3 is 0 Å². The molecule has 1 aliphatic rings. The van der Waals surface area contributed by atoms with E-state index < -0.39 is 15.8 Å². The number of rotatable bonds is 3. The van der Waals surface area contributed by atoms with Crippen LogP contribution in [0.2, 0.25) is 0 Å². The smallest absolute Gasteiger partial charge is 0.246 e. The molecule has 1 aromatic rings. The van der Waals surface area contributed by atoms with E-state index in [1.54, 1.807) is 0 Å². The van der Waals surface area contributed by atoms with Crippen LogP contribution >= 0.6 is 0 Å². The number of hydrogen-bond donors (Lipinski definition) is 1. The number of nitrogens with zero attached hydrogens (tertiary/aromatic N) is 2. The van der Waals surface area contributed by atoms with Crippen molar-refractivity contribution in [2.24, 2.45) is 0 Å². The predicted molar refractivity (Wildman–Crippen MR) is 76.4 cm³/mol. The molecule has 0 spiro atoms. The zero-order valence-electron chi connectivity index (χ0n) is 11.8. The highest BCUT2D eigenvalue weighted by Gasteiger charge is 2.31. The fourth-order valence-corrected chi connectivity index (χ4v) is 3.97. The van der Waals surface area contributed by atoms with Gasteiger partial charge < -0.3 is 10.6 Å². The maximum atomic E-state index is 14.1. The maximum Gasteiger partial charge on any atom is 0.246 e. The fourth-order valence-electron chi connectivity index (χ4n) is 2.38. The van der Waals surface area contributed by atoms with Crippen molar-refractivity contribution in [2.75, 3.05) is 38.5 Å².